The van der Waals surface area contributed by atoms with Crippen molar-refractivity contribution in [3.8, 4) is 0 Å². The summed E-state index contributed by atoms with van der Waals surface area (Å²) in [5.74, 6) is 0. The van der Waals surface area contributed by atoms with Crippen LogP contribution in [0.1, 0.15) is 43.4 Å². The van der Waals surface area contributed by atoms with Gasteiger partial charge in [-0.2, -0.15) is 0 Å². The summed E-state index contributed by atoms with van der Waals surface area (Å²) in [6.07, 6.45) is 4.96. The molecule has 1 nitrogen and oxygen atoms in total. The van der Waals surface area contributed by atoms with Gasteiger partial charge in [-0.25, -0.2) is 0 Å². The maximum absolute atomic E-state index is 3.74. The Bertz CT molecular complexity index is 591. The van der Waals surface area contributed by atoms with Crippen molar-refractivity contribution < 1.29 is 0 Å². The van der Waals surface area contributed by atoms with Crippen molar-refractivity contribution in [2.45, 2.75) is 38.6 Å². The Balaban J connectivity index is 2.12. The lowest BCUT2D eigenvalue weighted by Gasteiger charge is -2.28. The Morgan fingerprint density at radius 2 is 2.05 bits per heavy atom. The fraction of sp³-hybridized carbons (Fsp3) is 0.412. The molecule has 1 aliphatic carbocycles. The van der Waals surface area contributed by atoms with Crippen LogP contribution in [0.15, 0.2) is 34.8 Å². The molecule has 1 aliphatic rings. The van der Waals surface area contributed by atoms with E-state index in [2.05, 4.69) is 58.5 Å². The van der Waals surface area contributed by atoms with E-state index in [0.29, 0.717) is 6.04 Å². The molecule has 19 heavy (non-hydrogen) atoms. The molecule has 2 aromatic rings. The van der Waals surface area contributed by atoms with E-state index in [9.17, 15) is 0 Å². The molecular weight excluding hydrogens is 298 g/mol. The van der Waals surface area contributed by atoms with Crippen LogP contribution in [0.5, 0.6) is 0 Å². The zero-order valence-corrected chi connectivity index (χ0v) is 13.0. The summed E-state index contributed by atoms with van der Waals surface area (Å²) in [4.78, 5) is 0. The van der Waals surface area contributed by atoms with Gasteiger partial charge in [0, 0.05) is 10.5 Å². The Morgan fingerprint density at radius 1 is 1.26 bits per heavy atom. The second-order valence-electron chi connectivity index (χ2n) is 5.37. The summed E-state index contributed by atoms with van der Waals surface area (Å²) in [5, 5.41) is 6.47. The second kappa shape index (κ2) is 5.64. The first-order chi connectivity index (χ1) is 9.31. The van der Waals surface area contributed by atoms with Crippen molar-refractivity contribution in [3.63, 3.8) is 0 Å². The molecule has 0 fully saturated rings. The highest BCUT2D eigenvalue weighted by molar-refractivity contribution is 9.10. The molecule has 0 spiro atoms. The average molecular weight is 318 g/mol. The topological polar surface area (TPSA) is 12.0 Å². The number of rotatable bonds is 3. The molecule has 1 atom stereocenters. The predicted octanol–water partition coefficient (Wildman–Crippen LogP) is 4.98. The third-order valence-corrected chi connectivity index (χ3v) is 4.73. The summed E-state index contributed by atoms with van der Waals surface area (Å²) >= 11 is 3.74. The molecule has 100 valence electrons. The molecule has 1 unspecified atom stereocenters. The third-order valence-electron chi connectivity index (χ3n) is 4.08. The van der Waals surface area contributed by atoms with E-state index < -0.39 is 0 Å². The number of halogens is 1. The third kappa shape index (κ3) is 2.44. The lowest BCUT2D eigenvalue weighted by Crippen LogP contribution is -2.26. The van der Waals surface area contributed by atoms with Gasteiger partial charge in [0.1, 0.15) is 0 Å². The monoisotopic (exact) mass is 317 g/mol. The zero-order valence-electron chi connectivity index (χ0n) is 11.4. The first-order valence-electron chi connectivity index (χ1n) is 7.24. The average Bonchev–Trinajstić information content (AvgIpc) is 2.46. The van der Waals surface area contributed by atoms with Gasteiger partial charge in [0.05, 0.1) is 0 Å². The molecule has 2 aromatic carbocycles. The molecule has 3 rings (SSSR count). The normalized spacial score (nSPS) is 18.5. The summed E-state index contributed by atoms with van der Waals surface area (Å²) in [6, 6.07) is 11.6. The Kier molecular flexibility index (Phi) is 3.90. The van der Waals surface area contributed by atoms with Gasteiger partial charge in [-0.1, -0.05) is 47.1 Å². The van der Waals surface area contributed by atoms with Crippen molar-refractivity contribution in [1.82, 2.24) is 5.32 Å². The molecular formula is C17H20BrN. The van der Waals surface area contributed by atoms with E-state index >= 15 is 0 Å². The van der Waals surface area contributed by atoms with E-state index in [1.54, 1.807) is 5.56 Å². The molecule has 0 bridgehead atoms. The van der Waals surface area contributed by atoms with E-state index in [-0.39, 0.29) is 0 Å². The van der Waals surface area contributed by atoms with Gasteiger partial charge in [-0.05, 0) is 60.2 Å². The quantitative estimate of drug-likeness (QED) is 0.841. The molecule has 2 heteroatoms. The molecule has 0 heterocycles. The number of aryl methyl sites for hydroxylation is 1. The van der Waals surface area contributed by atoms with Gasteiger partial charge in [0.25, 0.3) is 0 Å². The number of hydrogen-bond acceptors (Lipinski definition) is 1. The maximum atomic E-state index is 3.74. The predicted molar refractivity (Wildman–Crippen MR) is 85.6 cm³/mol. The number of fused-ring (bicyclic) bond motifs is 3. The van der Waals surface area contributed by atoms with E-state index in [0.717, 1.165) is 6.54 Å². The molecule has 0 radical (unpaired) electrons. The van der Waals surface area contributed by atoms with Crippen LogP contribution in [0.4, 0.5) is 0 Å². The van der Waals surface area contributed by atoms with E-state index in [1.807, 2.05) is 0 Å². The number of hydrogen-bond donors (Lipinski definition) is 1. The first kappa shape index (κ1) is 13.1. The van der Waals surface area contributed by atoms with Crippen LogP contribution < -0.4 is 5.32 Å². The van der Waals surface area contributed by atoms with Gasteiger partial charge in [-0.3, -0.25) is 0 Å². The van der Waals surface area contributed by atoms with Crippen LogP contribution in [0.2, 0.25) is 0 Å². The summed E-state index contributed by atoms with van der Waals surface area (Å²) in [5.41, 5.74) is 3.06. The van der Waals surface area contributed by atoms with Crippen molar-refractivity contribution in [1.29, 1.82) is 0 Å². The maximum Gasteiger partial charge on any atom is 0.0323 e. The SMILES string of the molecule is CCCNC1CCCc2c1cc(Br)c1ccccc21. The van der Waals surface area contributed by atoms with Crippen molar-refractivity contribution >= 4 is 26.7 Å². The minimum absolute atomic E-state index is 0.532. The van der Waals surface area contributed by atoms with Crippen molar-refractivity contribution in [2.75, 3.05) is 6.54 Å². The van der Waals surface area contributed by atoms with Crippen LogP contribution in [0, 0.1) is 0 Å². The zero-order chi connectivity index (χ0) is 13.2. The van der Waals surface area contributed by atoms with Crippen LogP contribution >= 0.6 is 15.9 Å². The minimum atomic E-state index is 0.532. The fourth-order valence-electron chi connectivity index (χ4n) is 3.17. The molecule has 0 aliphatic heterocycles. The Labute approximate surface area is 123 Å². The largest absolute Gasteiger partial charge is 0.310 e. The lowest BCUT2D eigenvalue weighted by molar-refractivity contribution is 0.461. The highest BCUT2D eigenvalue weighted by atomic mass is 79.9. The van der Waals surface area contributed by atoms with Crippen LogP contribution in [-0.2, 0) is 6.42 Å². The molecule has 0 saturated heterocycles. The van der Waals surface area contributed by atoms with Crippen LogP contribution in [-0.4, -0.2) is 6.54 Å². The van der Waals surface area contributed by atoms with Crippen LogP contribution in [0.25, 0.3) is 10.8 Å². The summed E-state index contributed by atoms with van der Waals surface area (Å²) < 4.78 is 1.23. The number of benzene rings is 2. The summed E-state index contributed by atoms with van der Waals surface area (Å²) in [7, 11) is 0. The van der Waals surface area contributed by atoms with Crippen molar-refractivity contribution in [2.24, 2.45) is 0 Å². The van der Waals surface area contributed by atoms with Gasteiger partial charge >= 0.3 is 0 Å². The van der Waals surface area contributed by atoms with Gasteiger partial charge in [0.15, 0.2) is 0 Å². The van der Waals surface area contributed by atoms with E-state index in [4.69, 9.17) is 0 Å². The highest BCUT2D eigenvalue weighted by Crippen LogP contribution is 2.38. The van der Waals surface area contributed by atoms with Gasteiger partial charge < -0.3 is 5.32 Å². The number of nitrogens with one attached hydrogen (secondary N) is 1. The van der Waals surface area contributed by atoms with E-state index in [1.165, 1.54) is 46.5 Å². The lowest BCUT2D eigenvalue weighted by atomic mass is 9.84. The Hall–Kier alpha value is -0.860. The highest BCUT2D eigenvalue weighted by Gasteiger charge is 2.22. The standard InChI is InChI=1S/C17H20BrN/c1-2-10-19-17-9-5-8-13-12-6-3-4-7-14(12)16(18)11-15(13)17/h3-4,6-7,11,17,19H,2,5,8-10H2,1H3. The van der Waals surface area contributed by atoms with Crippen molar-refractivity contribution in [3.05, 3.63) is 45.9 Å². The molecule has 1 N–H and O–H groups in total. The fourth-order valence-corrected chi connectivity index (χ4v) is 3.76. The second-order valence-corrected chi connectivity index (χ2v) is 6.23. The minimum Gasteiger partial charge on any atom is -0.310 e. The Morgan fingerprint density at radius 3 is 2.84 bits per heavy atom. The summed E-state index contributed by atoms with van der Waals surface area (Å²) in [6.45, 7) is 3.33. The molecule has 0 aromatic heterocycles. The first-order valence-corrected chi connectivity index (χ1v) is 8.04. The van der Waals surface area contributed by atoms with Gasteiger partial charge in [-0.15, -0.1) is 0 Å². The smallest absolute Gasteiger partial charge is 0.0323 e. The molecule has 0 amide bonds. The van der Waals surface area contributed by atoms with Gasteiger partial charge in [0.2, 0.25) is 0 Å². The molecule has 0 saturated carbocycles. The van der Waals surface area contributed by atoms with Crippen LogP contribution in [0.3, 0.4) is 0 Å².